The standard InChI is InChI=1S/C17H19BrFNO/c1-10-7-11(2)16(14(19)8-10)17(20-3)13-6-5-12(18)9-15(13)21-4/h5-9,17,20H,1-4H3. The van der Waals surface area contributed by atoms with Crippen molar-refractivity contribution < 1.29 is 9.13 Å². The Bertz CT molecular complexity index is 634. The van der Waals surface area contributed by atoms with Gasteiger partial charge in [0.15, 0.2) is 0 Å². The third-order valence-electron chi connectivity index (χ3n) is 3.56. The number of halogens is 2. The van der Waals surface area contributed by atoms with Crippen molar-refractivity contribution in [3.05, 3.63) is 62.9 Å². The van der Waals surface area contributed by atoms with Crippen molar-refractivity contribution >= 4 is 15.9 Å². The van der Waals surface area contributed by atoms with E-state index in [1.54, 1.807) is 13.2 Å². The van der Waals surface area contributed by atoms with Crippen molar-refractivity contribution in [1.82, 2.24) is 5.32 Å². The Balaban J connectivity index is 2.60. The predicted molar refractivity (Wildman–Crippen MR) is 87.5 cm³/mol. The fourth-order valence-corrected chi connectivity index (χ4v) is 3.01. The molecule has 0 spiro atoms. The van der Waals surface area contributed by atoms with Crippen molar-refractivity contribution in [2.24, 2.45) is 0 Å². The van der Waals surface area contributed by atoms with E-state index in [4.69, 9.17) is 4.74 Å². The molecule has 0 aliphatic heterocycles. The Hall–Kier alpha value is -1.39. The van der Waals surface area contributed by atoms with Crippen LogP contribution in [0.15, 0.2) is 34.8 Å². The fraction of sp³-hybridized carbons (Fsp3) is 0.294. The van der Waals surface area contributed by atoms with Crippen LogP contribution in [0, 0.1) is 19.7 Å². The first-order valence-corrected chi connectivity index (χ1v) is 7.54. The van der Waals surface area contributed by atoms with E-state index < -0.39 is 0 Å². The molecule has 0 fully saturated rings. The van der Waals surface area contributed by atoms with Crippen molar-refractivity contribution in [2.75, 3.05) is 14.2 Å². The lowest BCUT2D eigenvalue weighted by molar-refractivity contribution is 0.404. The van der Waals surface area contributed by atoms with Crippen LogP contribution in [0.25, 0.3) is 0 Å². The minimum atomic E-state index is -0.256. The van der Waals surface area contributed by atoms with Gasteiger partial charge in [-0.05, 0) is 50.2 Å². The van der Waals surface area contributed by atoms with Crippen LogP contribution >= 0.6 is 15.9 Å². The maximum Gasteiger partial charge on any atom is 0.128 e. The third kappa shape index (κ3) is 3.27. The highest BCUT2D eigenvalue weighted by molar-refractivity contribution is 9.10. The van der Waals surface area contributed by atoms with Crippen molar-refractivity contribution in [3.63, 3.8) is 0 Å². The van der Waals surface area contributed by atoms with Crippen LogP contribution in [0.4, 0.5) is 4.39 Å². The molecule has 0 heterocycles. The Morgan fingerprint density at radius 3 is 2.48 bits per heavy atom. The highest BCUT2D eigenvalue weighted by Crippen LogP contribution is 2.34. The second-order valence-corrected chi connectivity index (χ2v) is 6.00. The molecule has 2 aromatic carbocycles. The van der Waals surface area contributed by atoms with Crippen LogP contribution in [0.5, 0.6) is 5.75 Å². The summed E-state index contributed by atoms with van der Waals surface area (Å²) >= 11 is 3.43. The van der Waals surface area contributed by atoms with Gasteiger partial charge >= 0.3 is 0 Å². The van der Waals surface area contributed by atoms with Gasteiger partial charge < -0.3 is 10.1 Å². The number of rotatable bonds is 4. The first kappa shape index (κ1) is 16.0. The molecule has 0 saturated carbocycles. The summed E-state index contributed by atoms with van der Waals surface area (Å²) in [5.41, 5.74) is 3.42. The van der Waals surface area contributed by atoms with Gasteiger partial charge in [0.2, 0.25) is 0 Å². The molecule has 0 amide bonds. The molecule has 1 unspecified atom stereocenters. The minimum absolute atomic E-state index is 0.197. The first-order chi connectivity index (χ1) is 9.97. The van der Waals surface area contributed by atoms with E-state index in [-0.39, 0.29) is 11.9 Å². The summed E-state index contributed by atoms with van der Waals surface area (Å²) in [6, 6.07) is 9.08. The normalized spacial score (nSPS) is 12.3. The number of hydrogen-bond acceptors (Lipinski definition) is 2. The second-order valence-electron chi connectivity index (χ2n) is 5.09. The van der Waals surface area contributed by atoms with Gasteiger partial charge in [-0.1, -0.05) is 28.1 Å². The molecule has 2 aromatic rings. The van der Waals surface area contributed by atoms with Gasteiger partial charge in [0.25, 0.3) is 0 Å². The molecule has 2 rings (SSSR count). The van der Waals surface area contributed by atoms with Gasteiger partial charge in [-0.15, -0.1) is 0 Å². The molecule has 1 N–H and O–H groups in total. The number of methoxy groups -OCH3 is 1. The molecular formula is C17H19BrFNO. The minimum Gasteiger partial charge on any atom is -0.496 e. The molecule has 0 saturated heterocycles. The molecule has 0 aliphatic carbocycles. The largest absolute Gasteiger partial charge is 0.496 e. The SMILES string of the molecule is CNC(c1ccc(Br)cc1OC)c1c(C)cc(C)cc1F. The zero-order chi connectivity index (χ0) is 15.6. The van der Waals surface area contributed by atoms with E-state index in [0.29, 0.717) is 5.56 Å². The Morgan fingerprint density at radius 2 is 1.90 bits per heavy atom. The van der Waals surface area contributed by atoms with Crippen LogP contribution in [-0.4, -0.2) is 14.2 Å². The monoisotopic (exact) mass is 351 g/mol. The second kappa shape index (κ2) is 6.58. The van der Waals surface area contributed by atoms with E-state index >= 15 is 0 Å². The molecular weight excluding hydrogens is 333 g/mol. The maximum absolute atomic E-state index is 14.5. The maximum atomic E-state index is 14.5. The Labute approximate surface area is 133 Å². The molecule has 0 radical (unpaired) electrons. The quantitative estimate of drug-likeness (QED) is 0.873. The summed E-state index contributed by atoms with van der Waals surface area (Å²) in [5.74, 6) is 0.528. The van der Waals surface area contributed by atoms with E-state index in [9.17, 15) is 4.39 Å². The third-order valence-corrected chi connectivity index (χ3v) is 4.06. The van der Waals surface area contributed by atoms with Crippen molar-refractivity contribution in [3.8, 4) is 5.75 Å². The fourth-order valence-electron chi connectivity index (χ4n) is 2.67. The van der Waals surface area contributed by atoms with Crippen LogP contribution in [0.1, 0.15) is 28.3 Å². The van der Waals surface area contributed by atoms with Gasteiger partial charge in [0, 0.05) is 15.6 Å². The molecule has 0 aromatic heterocycles. The molecule has 4 heteroatoms. The van der Waals surface area contributed by atoms with Crippen molar-refractivity contribution in [2.45, 2.75) is 19.9 Å². The number of hydrogen-bond donors (Lipinski definition) is 1. The number of aryl methyl sites for hydroxylation is 2. The Morgan fingerprint density at radius 1 is 1.19 bits per heavy atom. The highest BCUT2D eigenvalue weighted by atomic mass is 79.9. The van der Waals surface area contributed by atoms with Gasteiger partial charge in [-0.2, -0.15) is 0 Å². The summed E-state index contributed by atoms with van der Waals surface area (Å²) < 4.78 is 20.8. The van der Waals surface area contributed by atoms with Gasteiger partial charge in [0.1, 0.15) is 11.6 Å². The molecule has 0 aliphatic rings. The number of benzene rings is 2. The summed E-state index contributed by atoms with van der Waals surface area (Å²) in [7, 11) is 3.45. The Kier molecular flexibility index (Phi) is 5.01. The van der Waals surface area contributed by atoms with Crippen molar-refractivity contribution in [1.29, 1.82) is 0 Å². The first-order valence-electron chi connectivity index (χ1n) is 6.75. The summed E-state index contributed by atoms with van der Waals surface area (Å²) in [6.07, 6.45) is 0. The lowest BCUT2D eigenvalue weighted by atomic mass is 9.93. The van der Waals surface area contributed by atoms with Gasteiger partial charge in [-0.25, -0.2) is 4.39 Å². The predicted octanol–water partition coefficient (Wildman–Crippen LogP) is 4.52. The summed E-state index contributed by atoms with van der Waals surface area (Å²) in [4.78, 5) is 0. The van der Waals surface area contributed by atoms with Crippen LogP contribution < -0.4 is 10.1 Å². The topological polar surface area (TPSA) is 21.3 Å². The molecule has 112 valence electrons. The highest BCUT2D eigenvalue weighted by Gasteiger charge is 2.22. The summed E-state index contributed by atoms with van der Waals surface area (Å²) in [5, 5.41) is 3.19. The van der Waals surface area contributed by atoms with Crippen LogP contribution in [0.2, 0.25) is 0 Å². The van der Waals surface area contributed by atoms with E-state index in [2.05, 4.69) is 21.2 Å². The average Bonchev–Trinajstić information content (AvgIpc) is 2.43. The van der Waals surface area contributed by atoms with Gasteiger partial charge in [-0.3, -0.25) is 0 Å². The molecule has 2 nitrogen and oxygen atoms in total. The molecule has 1 atom stereocenters. The lowest BCUT2D eigenvalue weighted by Gasteiger charge is -2.22. The lowest BCUT2D eigenvalue weighted by Crippen LogP contribution is -2.21. The van der Waals surface area contributed by atoms with Crippen LogP contribution in [0.3, 0.4) is 0 Å². The van der Waals surface area contributed by atoms with Gasteiger partial charge in [0.05, 0.1) is 13.2 Å². The van der Waals surface area contributed by atoms with E-state index in [0.717, 1.165) is 26.9 Å². The average molecular weight is 352 g/mol. The van der Waals surface area contributed by atoms with Crippen LogP contribution in [-0.2, 0) is 0 Å². The van der Waals surface area contributed by atoms with E-state index in [1.807, 2.05) is 45.2 Å². The number of nitrogens with one attached hydrogen (secondary N) is 1. The zero-order valence-corrected chi connectivity index (χ0v) is 14.2. The zero-order valence-electron chi connectivity index (χ0n) is 12.6. The molecule has 21 heavy (non-hydrogen) atoms. The smallest absolute Gasteiger partial charge is 0.128 e. The van der Waals surface area contributed by atoms with E-state index in [1.165, 1.54) is 0 Å². The summed E-state index contributed by atoms with van der Waals surface area (Å²) in [6.45, 7) is 3.83. The number of ether oxygens (including phenoxy) is 1. The molecule has 0 bridgehead atoms.